The highest BCUT2D eigenvalue weighted by atomic mass is 35.5. The minimum Gasteiger partial charge on any atom is -0.497 e. The largest absolute Gasteiger partial charge is 0.497 e. The van der Waals surface area contributed by atoms with Crippen molar-refractivity contribution < 1.29 is 47.9 Å². The van der Waals surface area contributed by atoms with E-state index in [1.54, 1.807) is 48.1 Å². The third-order valence-corrected chi connectivity index (χ3v) is 6.62. The van der Waals surface area contributed by atoms with Gasteiger partial charge in [-0.05, 0) is 55.0 Å². The standard InChI is InChI=1S/C31H40ClNO10/c1-23-27(28-21-26(37-2)7-8-29(28)33(23)31(36)24-3-5-25(32)6-4-24)22-30(35)43-20-19-42-18-17-41-16-15-40-14-13-39-12-11-38-10-9-34/h3-8,21,34H,9-20,22H2,1-2H3. The summed E-state index contributed by atoms with van der Waals surface area (Å²) in [6, 6.07) is 12.1. The highest BCUT2D eigenvalue weighted by molar-refractivity contribution is 6.30. The molecular weight excluding hydrogens is 582 g/mol. The number of methoxy groups -OCH3 is 1. The minimum absolute atomic E-state index is 0.00373. The van der Waals surface area contributed by atoms with Crippen molar-refractivity contribution in [3.63, 3.8) is 0 Å². The molecule has 1 heterocycles. The summed E-state index contributed by atoms with van der Waals surface area (Å²) in [5.74, 6) is -0.0364. The quantitative estimate of drug-likeness (QED) is 0.140. The SMILES string of the molecule is COc1ccc2c(c1)c(CC(=O)OCCOCCOCCOCCOCCOCCO)c(C)n2C(=O)c1ccc(Cl)cc1. The zero-order valence-corrected chi connectivity index (χ0v) is 25.4. The topological polar surface area (TPSA) is 124 Å². The Labute approximate surface area is 256 Å². The van der Waals surface area contributed by atoms with Crippen LogP contribution in [0.15, 0.2) is 42.5 Å². The van der Waals surface area contributed by atoms with Crippen LogP contribution in [0.5, 0.6) is 5.75 Å². The van der Waals surface area contributed by atoms with Crippen molar-refractivity contribution in [3.8, 4) is 5.75 Å². The lowest BCUT2D eigenvalue weighted by Crippen LogP contribution is -2.16. The highest BCUT2D eigenvalue weighted by Crippen LogP contribution is 2.31. The van der Waals surface area contributed by atoms with Crippen LogP contribution in [0, 0.1) is 6.92 Å². The summed E-state index contributed by atoms with van der Waals surface area (Å²) in [5, 5.41) is 9.88. The van der Waals surface area contributed by atoms with E-state index in [0.717, 1.165) is 5.39 Å². The molecule has 0 amide bonds. The fourth-order valence-corrected chi connectivity index (χ4v) is 4.38. The van der Waals surface area contributed by atoms with Crippen LogP contribution >= 0.6 is 11.6 Å². The van der Waals surface area contributed by atoms with Crippen LogP contribution in [-0.4, -0.2) is 108 Å². The van der Waals surface area contributed by atoms with Gasteiger partial charge < -0.3 is 38.3 Å². The average Bonchev–Trinajstić information content (AvgIpc) is 3.28. The molecule has 3 aromatic rings. The summed E-state index contributed by atoms with van der Waals surface area (Å²) in [7, 11) is 1.56. The number of halogens is 1. The van der Waals surface area contributed by atoms with Crippen LogP contribution in [0.25, 0.3) is 10.9 Å². The summed E-state index contributed by atoms with van der Waals surface area (Å²) in [6.45, 7) is 5.87. The molecule has 0 fully saturated rings. The average molecular weight is 622 g/mol. The van der Waals surface area contributed by atoms with Crippen molar-refractivity contribution in [3.05, 3.63) is 64.3 Å². The van der Waals surface area contributed by atoms with Crippen molar-refractivity contribution in [2.75, 3.05) is 86.4 Å². The molecule has 0 saturated carbocycles. The fraction of sp³-hybridized carbons (Fsp3) is 0.484. The minimum atomic E-state index is -0.428. The molecule has 11 nitrogen and oxygen atoms in total. The first-order valence-corrected chi connectivity index (χ1v) is 14.5. The molecule has 0 atom stereocenters. The Kier molecular flexibility index (Phi) is 15.5. The number of benzene rings is 2. The predicted octanol–water partition coefficient (Wildman–Crippen LogP) is 3.46. The maximum absolute atomic E-state index is 13.4. The van der Waals surface area contributed by atoms with Gasteiger partial charge in [0.1, 0.15) is 12.4 Å². The number of aliphatic hydroxyl groups excluding tert-OH is 1. The van der Waals surface area contributed by atoms with Gasteiger partial charge in [0.2, 0.25) is 0 Å². The van der Waals surface area contributed by atoms with Crippen LogP contribution in [-0.2, 0) is 39.6 Å². The van der Waals surface area contributed by atoms with Crippen molar-refractivity contribution in [2.24, 2.45) is 0 Å². The third-order valence-electron chi connectivity index (χ3n) is 6.37. The Balaban J connectivity index is 1.37. The van der Waals surface area contributed by atoms with E-state index in [-0.39, 0.29) is 32.1 Å². The van der Waals surface area contributed by atoms with Gasteiger partial charge >= 0.3 is 5.97 Å². The molecule has 0 spiro atoms. The maximum atomic E-state index is 13.4. The second-order valence-electron chi connectivity index (χ2n) is 9.28. The van der Waals surface area contributed by atoms with Gasteiger partial charge in [-0.15, -0.1) is 0 Å². The molecule has 1 aromatic heterocycles. The molecular formula is C31H40ClNO10. The van der Waals surface area contributed by atoms with Crippen molar-refractivity contribution in [1.29, 1.82) is 0 Å². The molecule has 12 heteroatoms. The number of carbonyl (C=O) groups is 2. The molecule has 2 aromatic carbocycles. The predicted molar refractivity (Wildman–Crippen MR) is 160 cm³/mol. The smallest absolute Gasteiger partial charge is 0.310 e. The number of hydrogen-bond acceptors (Lipinski definition) is 10. The lowest BCUT2D eigenvalue weighted by Gasteiger charge is -2.09. The molecule has 43 heavy (non-hydrogen) atoms. The Bertz CT molecular complexity index is 1280. The number of aliphatic hydroxyl groups is 1. The van der Waals surface area contributed by atoms with Gasteiger partial charge in [-0.1, -0.05) is 11.6 Å². The first-order chi connectivity index (χ1) is 21.0. The van der Waals surface area contributed by atoms with Crippen molar-refractivity contribution >= 4 is 34.4 Å². The number of carbonyl (C=O) groups excluding carboxylic acids is 2. The molecule has 0 radical (unpaired) electrons. The lowest BCUT2D eigenvalue weighted by molar-refractivity contribution is -0.144. The van der Waals surface area contributed by atoms with Crippen LogP contribution in [0.2, 0.25) is 5.02 Å². The number of fused-ring (bicyclic) bond motifs is 1. The van der Waals surface area contributed by atoms with Gasteiger partial charge in [0, 0.05) is 21.7 Å². The van der Waals surface area contributed by atoms with Gasteiger partial charge in [-0.3, -0.25) is 14.2 Å². The van der Waals surface area contributed by atoms with Crippen LogP contribution < -0.4 is 4.74 Å². The summed E-state index contributed by atoms with van der Waals surface area (Å²) < 4.78 is 39.1. The molecule has 0 aliphatic carbocycles. The van der Waals surface area contributed by atoms with Gasteiger partial charge in [-0.2, -0.15) is 0 Å². The zero-order chi connectivity index (χ0) is 30.9. The second kappa shape index (κ2) is 19.3. The fourth-order valence-electron chi connectivity index (χ4n) is 4.25. The summed E-state index contributed by atoms with van der Waals surface area (Å²) >= 11 is 6.00. The van der Waals surface area contributed by atoms with Gasteiger partial charge in [-0.25, -0.2) is 0 Å². The molecule has 3 rings (SSSR count). The monoisotopic (exact) mass is 621 g/mol. The van der Waals surface area contributed by atoms with Crippen LogP contribution in [0.3, 0.4) is 0 Å². The van der Waals surface area contributed by atoms with E-state index in [9.17, 15) is 9.59 Å². The summed E-state index contributed by atoms with van der Waals surface area (Å²) in [5.41, 5.74) is 2.49. The van der Waals surface area contributed by atoms with E-state index in [1.165, 1.54) is 0 Å². The van der Waals surface area contributed by atoms with E-state index in [1.807, 2.05) is 13.0 Å². The third kappa shape index (κ3) is 11.2. The van der Waals surface area contributed by atoms with Crippen LogP contribution in [0.4, 0.5) is 0 Å². The van der Waals surface area contributed by atoms with E-state index in [0.29, 0.717) is 92.6 Å². The van der Waals surface area contributed by atoms with Gasteiger partial charge in [0.05, 0.1) is 91.7 Å². The Morgan fingerprint density at radius 1 is 0.767 bits per heavy atom. The number of esters is 1. The molecule has 0 aliphatic heterocycles. The normalized spacial score (nSPS) is 11.3. The maximum Gasteiger partial charge on any atom is 0.310 e. The van der Waals surface area contributed by atoms with Crippen LogP contribution in [0.1, 0.15) is 21.6 Å². The van der Waals surface area contributed by atoms with Gasteiger partial charge in [0.15, 0.2) is 0 Å². The summed E-state index contributed by atoms with van der Waals surface area (Å²) in [4.78, 5) is 26.1. The zero-order valence-electron chi connectivity index (χ0n) is 24.7. The molecule has 1 N–H and O–H groups in total. The molecule has 0 aliphatic rings. The summed E-state index contributed by atoms with van der Waals surface area (Å²) in [6.07, 6.45) is -0.0119. The van der Waals surface area contributed by atoms with Crippen molar-refractivity contribution in [2.45, 2.75) is 13.3 Å². The Morgan fingerprint density at radius 2 is 1.30 bits per heavy atom. The number of ether oxygens (including phenoxy) is 7. The van der Waals surface area contributed by atoms with E-state index < -0.39 is 5.97 Å². The second-order valence-corrected chi connectivity index (χ2v) is 9.71. The number of rotatable bonds is 21. The van der Waals surface area contributed by atoms with E-state index in [4.69, 9.17) is 49.9 Å². The van der Waals surface area contributed by atoms with Gasteiger partial charge in [0.25, 0.3) is 5.91 Å². The van der Waals surface area contributed by atoms with E-state index >= 15 is 0 Å². The first-order valence-electron chi connectivity index (χ1n) is 14.1. The first kappa shape index (κ1) is 34.5. The number of hydrogen-bond donors (Lipinski definition) is 1. The van der Waals surface area contributed by atoms with E-state index in [2.05, 4.69) is 0 Å². The Hall–Kier alpha value is -3.03. The van der Waals surface area contributed by atoms with Crippen molar-refractivity contribution in [1.82, 2.24) is 4.57 Å². The molecule has 0 bridgehead atoms. The Morgan fingerprint density at radius 3 is 1.84 bits per heavy atom. The lowest BCUT2D eigenvalue weighted by atomic mass is 10.1. The number of aromatic nitrogens is 1. The molecule has 0 saturated heterocycles. The highest BCUT2D eigenvalue weighted by Gasteiger charge is 2.22. The molecule has 236 valence electrons. The number of nitrogens with zero attached hydrogens (tertiary/aromatic N) is 1. The molecule has 0 unspecified atom stereocenters.